The van der Waals surface area contributed by atoms with Crippen LogP contribution in [0.5, 0.6) is 11.8 Å². The molecule has 9 nitrogen and oxygen atoms in total. The Bertz CT molecular complexity index is 1150. The number of alkyl halides is 3. The third-order valence-electron chi connectivity index (χ3n) is 5.24. The Balaban J connectivity index is 2.16. The van der Waals surface area contributed by atoms with Crippen LogP contribution in [0.4, 0.5) is 18.9 Å². The molecule has 1 heterocycles. The van der Waals surface area contributed by atoms with Crippen LogP contribution in [0.25, 0.3) is 0 Å². The van der Waals surface area contributed by atoms with Crippen molar-refractivity contribution in [2.75, 3.05) is 11.4 Å². The second-order valence-corrected chi connectivity index (χ2v) is 9.34. The van der Waals surface area contributed by atoms with E-state index < -0.39 is 33.0 Å². The van der Waals surface area contributed by atoms with Gasteiger partial charge in [-0.1, -0.05) is 24.4 Å². The van der Waals surface area contributed by atoms with Crippen LogP contribution in [0.1, 0.15) is 44.6 Å². The Hall–Kier alpha value is -3.22. The van der Waals surface area contributed by atoms with Gasteiger partial charge in [0.2, 0.25) is 5.91 Å². The first kappa shape index (κ1) is 25.4. The molecule has 0 bridgehead atoms. The fourth-order valence-corrected chi connectivity index (χ4v) is 4.67. The number of aromatic nitrogens is 2. The zero-order valence-corrected chi connectivity index (χ0v) is 19.3. The van der Waals surface area contributed by atoms with E-state index in [2.05, 4.69) is 15.1 Å². The number of ether oxygens (including phenoxy) is 1. The number of nitrogens with zero attached hydrogens (tertiary/aromatic N) is 4. The number of halogens is 3. The van der Waals surface area contributed by atoms with Crippen LogP contribution in [0.15, 0.2) is 41.8 Å². The molecule has 1 aliphatic carbocycles. The number of anilines is 1. The van der Waals surface area contributed by atoms with Gasteiger partial charge in [0.25, 0.3) is 0 Å². The van der Waals surface area contributed by atoms with E-state index >= 15 is 0 Å². The first-order chi connectivity index (χ1) is 16.1. The van der Waals surface area contributed by atoms with Gasteiger partial charge in [0, 0.05) is 23.9 Å². The molecular formula is C21H23F3N4O5S. The van der Waals surface area contributed by atoms with E-state index in [1.807, 2.05) is 0 Å². The van der Waals surface area contributed by atoms with Gasteiger partial charge in [0.1, 0.15) is 12.9 Å². The van der Waals surface area contributed by atoms with Gasteiger partial charge in [-0.15, -0.1) is 0 Å². The highest BCUT2D eigenvalue weighted by atomic mass is 32.2. The molecule has 1 aromatic carbocycles. The summed E-state index contributed by atoms with van der Waals surface area (Å²) in [5.41, 5.74) is -6.29. The van der Waals surface area contributed by atoms with Gasteiger partial charge in [0.15, 0.2) is 0 Å². The molecule has 0 atom stereocenters. The number of sulfonamides is 1. The van der Waals surface area contributed by atoms with E-state index in [1.54, 1.807) is 6.07 Å². The number of oxime groups is 1. The lowest BCUT2D eigenvalue weighted by Gasteiger charge is -2.30. The van der Waals surface area contributed by atoms with Crippen LogP contribution in [-0.4, -0.2) is 42.6 Å². The van der Waals surface area contributed by atoms with Crippen molar-refractivity contribution in [3.63, 3.8) is 0 Å². The Kier molecular flexibility index (Phi) is 7.75. The molecule has 0 unspecified atom stereocenters. The lowest BCUT2D eigenvalue weighted by molar-refractivity contribution is -0.122. The maximum atomic E-state index is 13.7. The molecule has 3 rings (SSSR count). The normalized spacial score (nSPS) is 15.6. The van der Waals surface area contributed by atoms with Crippen molar-refractivity contribution in [2.24, 2.45) is 11.1 Å². The van der Waals surface area contributed by atoms with E-state index in [0.29, 0.717) is 25.7 Å². The second kappa shape index (κ2) is 10.4. The number of carbonyl (C=O) groups is 1. The largest absolute Gasteiger partial charge is 0.517 e. The van der Waals surface area contributed by atoms with Crippen molar-refractivity contribution in [3.05, 3.63) is 42.2 Å². The number of amides is 1. The quantitative estimate of drug-likeness (QED) is 0.409. The number of benzene rings is 1. The van der Waals surface area contributed by atoms with Crippen molar-refractivity contribution < 1.29 is 36.0 Å². The van der Waals surface area contributed by atoms with Crippen LogP contribution in [0.3, 0.4) is 0 Å². The van der Waals surface area contributed by atoms with Crippen molar-refractivity contribution in [3.8, 4) is 11.8 Å². The first-order valence-corrected chi connectivity index (χ1v) is 11.8. The number of hydrogen-bond donors (Lipinski definition) is 0. The third-order valence-corrected chi connectivity index (χ3v) is 6.69. The van der Waals surface area contributed by atoms with E-state index in [9.17, 15) is 26.4 Å². The van der Waals surface area contributed by atoms with Crippen LogP contribution >= 0.6 is 0 Å². The summed E-state index contributed by atoms with van der Waals surface area (Å²) in [5.74, 6) is -1.90. The minimum absolute atomic E-state index is 0.0238. The van der Waals surface area contributed by atoms with E-state index in [-0.39, 0.29) is 27.3 Å². The van der Waals surface area contributed by atoms with Crippen LogP contribution in [-0.2, 0) is 19.7 Å². The molecule has 0 spiro atoms. The third kappa shape index (κ3) is 5.46. The summed E-state index contributed by atoms with van der Waals surface area (Å²) in [5, 5.41) is 3.72. The van der Waals surface area contributed by atoms with Gasteiger partial charge in [-0.2, -0.15) is 25.9 Å². The van der Waals surface area contributed by atoms with E-state index in [4.69, 9.17) is 9.57 Å². The lowest BCUT2D eigenvalue weighted by Crippen LogP contribution is -2.48. The average Bonchev–Trinajstić information content (AvgIpc) is 2.80. The van der Waals surface area contributed by atoms with Gasteiger partial charge in [-0.3, -0.25) is 4.79 Å². The monoisotopic (exact) mass is 500 g/mol. The van der Waals surface area contributed by atoms with Gasteiger partial charge >= 0.3 is 21.5 Å². The molecule has 2 aromatic rings. The predicted octanol–water partition coefficient (Wildman–Crippen LogP) is 4.40. The maximum absolute atomic E-state index is 13.7. The Morgan fingerprint density at radius 3 is 2.38 bits per heavy atom. The lowest BCUT2D eigenvalue weighted by atomic mass is 9.88. The fraction of sp³-hybridized carbons (Fsp3) is 0.429. The van der Waals surface area contributed by atoms with Crippen LogP contribution in [0.2, 0.25) is 0 Å². The molecule has 184 valence electrons. The Morgan fingerprint density at radius 1 is 1.15 bits per heavy atom. The van der Waals surface area contributed by atoms with Crippen LogP contribution < -0.4 is 9.04 Å². The average molecular weight is 500 g/mol. The molecule has 0 aliphatic heterocycles. The SMILES string of the molecule is CON=C(C)c1cc(Oc2ncccn2)ccc1N(C(=O)C1CCCCC1)S(=O)(=O)C(F)(F)F. The fourth-order valence-electron chi connectivity index (χ4n) is 3.66. The zero-order chi connectivity index (χ0) is 24.9. The molecule has 0 saturated heterocycles. The van der Waals surface area contributed by atoms with Gasteiger partial charge in [-0.05, 0) is 44.0 Å². The number of rotatable bonds is 7. The molecule has 13 heteroatoms. The van der Waals surface area contributed by atoms with Gasteiger partial charge in [-0.25, -0.2) is 9.97 Å². The summed E-state index contributed by atoms with van der Waals surface area (Å²) in [6.45, 7) is 1.40. The highest BCUT2D eigenvalue weighted by Crippen LogP contribution is 2.38. The topological polar surface area (TPSA) is 111 Å². The summed E-state index contributed by atoms with van der Waals surface area (Å²) < 4.78 is 71.6. The summed E-state index contributed by atoms with van der Waals surface area (Å²) in [4.78, 5) is 25.8. The molecule has 0 radical (unpaired) electrons. The highest BCUT2D eigenvalue weighted by molar-refractivity contribution is 7.94. The molecule has 1 saturated carbocycles. The minimum atomic E-state index is -6.06. The number of hydrogen-bond acceptors (Lipinski definition) is 8. The minimum Gasteiger partial charge on any atom is -0.424 e. The molecule has 1 aromatic heterocycles. The summed E-state index contributed by atoms with van der Waals surface area (Å²) in [6.07, 6.45) is 5.53. The molecule has 1 amide bonds. The molecular weight excluding hydrogens is 477 g/mol. The zero-order valence-electron chi connectivity index (χ0n) is 18.4. The summed E-state index contributed by atoms with van der Waals surface area (Å²) >= 11 is 0. The molecule has 1 fully saturated rings. The van der Waals surface area contributed by atoms with Gasteiger partial charge < -0.3 is 9.57 Å². The Morgan fingerprint density at radius 2 is 1.79 bits per heavy atom. The Labute approximate surface area is 194 Å². The smallest absolute Gasteiger partial charge is 0.424 e. The predicted molar refractivity (Wildman–Crippen MR) is 117 cm³/mol. The van der Waals surface area contributed by atoms with Crippen LogP contribution in [0, 0.1) is 5.92 Å². The first-order valence-electron chi connectivity index (χ1n) is 10.4. The standard InChI is InChI=1S/C21H23F3N4O5S/c1-14(27-32-2)17-13-16(33-20-25-11-6-12-26-20)9-10-18(17)28(34(30,31)21(22,23)24)19(29)15-7-4-3-5-8-15/h6,9-13,15H,3-5,7-8H2,1-2H3. The molecule has 1 aliphatic rings. The van der Waals surface area contributed by atoms with Crippen molar-refractivity contribution in [1.82, 2.24) is 9.97 Å². The summed E-state index contributed by atoms with van der Waals surface area (Å²) in [7, 11) is -4.84. The van der Waals surface area contributed by atoms with Crippen molar-refractivity contribution >= 4 is 27.3 Å². The molecule has 0 N–H and O–H groups in total. The molecule has 34 heavy (non-hydrogen) atoms. The van der Waals surface area contributed by atoms with Gasteiger partial charge in [0.05, 0.1) is 11.4 Å². The second-order valence-electron chi connectivity index (χ2n) is 7.56. The van der Waals surface area contributed by atoms with E-state index in [1.165, 1.54) is 38.6 Å². The van der Waals surface area contributed by atoms with E-state index in [0.717, 1.165) is 12.5 Å². The maximum Gasteiger partial charge on any atom is 0.517 e. The van der Waals surface area contributed by atoms with Crippen molar-refractivity contribution in [2.45, 2.75) is 44.5 Å². The number of carbonyl (C=O) groups excluding carboxylic acids is 1. The van der Waals surface area contributed by atoms with Crippen molar-refractivity contribution in [1.29, 1.82) is 0 Å². The highest BCUT2D eigenvalue weighted by Gasteiger charge is 2.54. The summed E-state index contributed by atoms with van der Waals surface area (Å²) in [6, 6.07) is 5.05.